The third-order valence-electron chi connectivity index (χ3n) is 4.31. The van der Waals surface area contributed by atoms with Gasteiger partial charge in [-0.3, -0.25) is 0 Å². The quantitative estimate of drug-likeness (QED) is 0.866. The summed E-state index contributed by atoms with van der Waals surface area (Å²) in [5.41, 5.74) is 1.85. The van der Waals surface area contributed by atoms with Gasteiger partial charge in [0, 0.05) is 31.5 Å². The maximum atomic E-state index is 12.3. The molecular formula is C17H24N2O3. The number of likely N-dealkylation sites (tertiary alicyclic amines) is 1. The number of para-hydroxylation sites is 1. The number of amides is 1. The van der Waals surface area contributed by atoms with Gasteiger partial charge < -0.3 is 19.7 Å². The van der Waals surface area contributed by atoms with Crippen LogP contribution in [0.15, 0.2) is 18.2 Å². The number of carbonyl (C=O) groups is 1. The molecule has 1 aromatic carbocycles. The Morgan fingerprint density at radius 1 is 1.32 bits per heavy atom. The Morgan fingerprint density at radius 3 is 2.77 bits per heavy atom. The van der Waals surface area contributed by atoms with Gasteiger partial charge in [-0.25, -0.2) is 4.79 Å². The number of ether oxygens (including phenoxy) is 2. The third-order valence-corrected chi connectivity index (χ3v) is 4.31. The van der Waals surface area contributed by atoms with Gasteiger partial charge in [-0.15, -0.1) is 0 Å². The van der Waals surface area contributed by atoms with Crippen molar-refractivity contribution in [3.05, 3.63) is 23.8 Å². The van der Waals surface area contributed by atoms with E-state index in [4.69, 9.17) is 9.47 Å². The molecule has 1 N–H and O–H groups in total. The van der Waals surface area contributed by atoms with Crippen LogP contribution in [-0.4, -0.2) is 43.3 Å². The first-order valence-corrected chi connectivity index (χ1v) is 7.78. The van der Waals surface area contributed by atoms with Gasteiger partial charge >= 0.3 is 6.09 Å². The summed E-state index contributed by atoms with van der Waals surface area (Å²) in [5, 5.41) is 3.46. The molecule has 2 unspecified atom stereocenters. The summed E-state index contributed by atoms with van der Waals surface area (Å²) in [6, 6.07) is 6.10. The first-order chi connectivity index (χ1) is 10.4. The highest BCUT2D eigenvalue weighted by Crippen LogP contribution is 2.44. The fourth-order valence-corrected chi connectivity index (χ4v) is 3.36. The first kappa shape index (κ1) is 15.0. The van der Waals surface area contributed by atoms with Crippen LogP contribution in [-0.2, 0) is 4.74 Å². The number of hydrogen-bond acceptors (Lipinski definition) is 4. The van der Waals surface area contributed by atoms with Crippen LogP contribution in [0.4, 0.5) is 10.5 Å². The number of nitrogens with one attached hydrogen (secondary N) is 1. The molecule has 1 aromatic rings. The van der Waals surface area contributed by atoms with Crippen molar-refractivity contribution < 1.29 is 14.3 Å². The van der Waals surface area contributed by atoms with Gasteiger partial charge in [-0.05, 0) is 32.4 Å². The molecule has 22 heavy (non-hydrogen) atoms. The number of anilines is 1. The van der Waals surface area contributed by atoms with Crippen molar-refractivity contribution in [2.75, 3.05) is 32.1 Å². The van der Waals surface area contributed by atoms with Crippen LogP contribution in [0.2, 0.25) is 0 Å². The molecule has 0 radical (unpaired) electrons. The molecule has 0 aromatic heterocycles. The molecule has 0 aliphatic carbocycles. The average molecular weight is 304 g/mol. The molecule has 5 nitrogen and oxygen atoms in total. The predicted molar refractivity (Wildman–Crippen MR) is 85.5 cm³/mol. The molecule has 1 fully saturated rings. The summed E-state index contributed by atoms with van der Waals surface area (Å²) in [7, 11) is 1.69. The van der Waals surface area contributed by atoms with E-state index in [1.54, 1.807) is 7.11 Å². The molecule has 2 aliphatic heterocycles. The Labute approximate surface area is 131 Å². The zero-order valence-electron chi connectivity index (χ0n) is 13.7. The number of benzene rings is 1. The third kappa shape index (κ3) is 2.72. The summed E-state index contributed by atoms with van der Waals surface area (Å²) >= 11 is 0. The predicted octanol–water partition coefficient (Wildman–Crippen LogP) is 3.07. The van der Waals surface area contributed by atoms with Crippen molar-refractivity contribution in [1.29, 1.82) is 0 Å². The van der Waals surface area contributed by atoms with E-state index in [0.29, 0.717) is 18.4 Å². The van der Waals surface area contributed by atoms with E-state index in [1.807, 2.05) is 37.8 Å². The smallest absolute Gasteiger partial charge is 0.410 e. The van der Waals surface area contributed by atoms with Gasteiger partial charge in [0.15, 0.2) is 0 Å². The van der Waals surface area contributed by atoms with E-state index in [-0.39, 0.29) is 6.09 Å². The van der Waals surface area contributed by atoms with Crippen LogP contribution < -0.4 is 10.1 Å². The van der Waals surface area contributed by atoms with Gasteiger partial charge in [0.25, 0.3) is 0 Å². The topological polar surface area (TPSA) is 50.8 Å². The van der Waals surface area contributed by atoms with Crippen molar-refractivity contribution in [1.82, 2.24) is 4.90 Å². The van der Waals surface area contributed by atoms with E-state index in [1.165, 1.54) is 5.56 Å². The maximum Gasteiger partial charge on any atom is 0.410 e. The van der Waals surface area contributed by atoms with Crippen molar-refractivity contribution in [2.24, 2.45) is 5.92 Å². The van der Waals surface area contributed by atoms with E-state index in [2.05, 4.69) is 11.4 Å². The van der Waals surface area contributed by atoms with Gasteiger partial charge in [0.1, 0.15) is 11.4 Å². The van der Waals surface area contributed by atoms with Crippen LogP contribution in [0.3, 0.4) is 0 Å². The lowest BCUT2D eigenvalue weighted by Gasteiger charge is -2.29. The molecule has 0 spiro atoms. The Kier molecular flexibility index (Phi) is 3.67. The number of hydrogen-bond donors (Lipinski definition) is 1. The summed E-state index contributed by atoms with van der Waals surface area (Å²) in [5.74, 6) is 1.64. The molecule has 2 heterocycles. The second-order valence-electron chi connectivity index (χ2n) is 7.06. The molecule has 1 saturated heterocycles. The second-order valence-corrected chi connectivity index (χ2v) is 7.06. The Morgan fingerprint density at radius 2 is 2.09 bits per heavy atom. The molecule has 0 saturated carbocycles. The molecule has 5 heteroatoms. The SMILES string of the molecule is COc1cccc2c1NCC1CN(C(=O)OC(C)(C)C)CC21. The number of nitrogens with zero attached hydrogens (tertiary/aromatic N) is 1. The zero-order chi connectivity index (χ0) is 15.9. The standard InChI is InChI=1S/C17H24N2O3/c1-17(2,3)22-16(20)19-9-11-8-18-15-12(13(11)10-19)6-5-7-14(15)21-4/h5-7,11,13,18H,8-10H2,1-4H3. The summed E-state index contributed by atoms with van der Waals surface area (Å²) in [6.07, 6.45) is -0.216. The van der Waals surface area contributed by atoms with E-state index < -0.39 is 5.60 Å². The zero-order valence-corrected chi connectivity index (χ0v) is 13.7. The number of methoxy groups -OCH3 is 1. The fourth-order valence-electron chi connectivity index (χ4n) is 3.36. The van der Waals surface area contributed by atoms with Gasteiger partial charge in [-0.2, -0.15) is 0 Å². The lowest BCUT2D eigenvalue weighted by molar-refractivity contribution is 0.0287. The first-order valence-electron chi connectivity index (χ1n) is 7.78. The number of carbonyl (C=O) groups excluding carboxylic acids is 1. The van der Waals surface area contributed by atoms with Gasteiger partial charge in [0.05, 0.1) is 12.8 Å². The monoisotopic (exact) mass is 304 g/mol. The second kappa shape index (κ2) is 5.38. The van der Waals surface area contributed by atoms with Crippen LogP contribution in [0.1, 0.15) is 32.3 Å². The van der Waals surface area contributed by atoms with E-state index >= 15 is 0 Å². The van der Waals surface area contributed by atoms with Crippen LogP contribution in [0, 0.1) is 5.92 Å². The minimum Gasteiger partial charge on any atom is -0.495 e. The number of fused-ring (bicyclic) bond motifs is 3. The van der Waals surface area contributed by atoms with Crippen LogP contribution >= 0.6 is 0 Å². The van der Waals surface area contributed by atoms with Crippen molar-refractivity contribution in [3.63, 3.8) is 0 Å². The minimum atomic E-state index is -0.454. The summed E-state index contributed by atoms with van der Waals surface area (Å²) in [6.45, 7) is 8.00. The molecule has 3 rings (SSSR count). The molecule has 0 bridgehead atoms. The van der Waals surface area contributed by atoms with Crippen LogP contribution in [0.25, 0.3) is 0 Å². The molecular weight excluding hydrogens is 280 g/mol. The molecule has 120 valence electrons. The molecule has 1 amide bonds. The molecule has 2 atom stereocenters. The molecule has 2 aliphatic rings. The lowest BCUT2D eigenvalue weighted by Crippen LogP contribution is -2.35. The largest absolute Gasteiger partial charge is 0.495 e. The highest BCUT2D eigenvalue weighted by molar-refractivity contribution is 5.70. The van der Waals surface area contributed by atoms with E-state index in [9.17, 15) is 4.79 Å². The lowest BCUT2D eigenvalue weighted by atomic mass is 9.84. The Hall–Kier alpha value is -1.91. The normalized spacial score (nSPS) is 23.4. The van der Waals surface area contributed by atoms with E-state index in [0.717, 1.165) is 24.5 Å². The summed E-state index contributed by atoms with van der Waals surface area (Å²) in [4.78, 5) is 14.1. The highest BCUT2D eigenvalue weighted by Gasteiger charge is 2.41. The average Bonchev–Trinajstić information content (AvgIpc) is 2.89. The minimum absolute atomic E-state index is 0.216. The fraction of sp³-hybridized carbons (Fsp3) is 0.588. The van der Waals surface area contributed by atoms with Crippen LogP contribution in [0.5, 0.6) is 5.75 Å². The van der Waals surface area contributed by atoms with Crippen molar-refractivity contribution in [2.45, 2.75) is 32.3 Å². The number of rotatable bonds is 1. The Balaban J connectivity index is 1.80. The van der Waals surface area contributed by atoms with Crippen molar-refractivity contribution >= 4 is 11.8 Å². The maximum absolute atomic E-state index is 12.3. The van der Waals surface area contributed by atoms with Gasteiger partial charge in [-0.1, -0.05) is 12.1 Å². The Bertz CT molecular complexity index is 580. The van der Waals surface area contributed by atoms with Crippen molar-refractivity contribution in [3.8, 4) is 5.75 Å². The van der Waals surface area contributed by atoms with Gasteiger partial charge in [0.2, 0.25) is 0 Å². The summed E-state index contributed by atoms with van der Waals surface area (Å²) < 4.78 is 10.9. The highest BCUT2D eigenvalue weighted by atomic mass is 16.6.